The van der Waals surface area contributed by atoms with E-state index in [1.807, 2.05) is 25.1 Å². The Hall–Kier alpha value is -1.32. The zero-order chi connectivity index (χ0) is 10.7. The Balaban J connectivity index is 2.04. The molecule has 1 heterocycles. The predicted octanol–water partition coefficient (Wildman–Crippen LogP) is 1.90. The molecule has 0 atom stereocenters. The summed E-state index contributed by atoms with van der Waals surface area (Å²) in [6, 6.07) is 2.60. The van der Waals surface area contributed by atoms with Crippen LogP contribution in [0.15, 0.2) is 12.4 Å². The molecule has 1 aliphatic rings. The lowest BCUT2D eigenvalue weighted by atomic mass is 10.2. The van der Waals surface area contributed by atoms with Crippen LogP contribution in [0.3, 0.4) is 0 Å². The molecule has 15 heavy (non-hydrogen) atoms. The van der Waals surface area contributed by atoms with Gasteiger partial charge in [-0.05, 0) is 12.8 Å². The van der Waals surface area contributed by atoms with Gasteiger partial charge < -0.3 is 10.2 Å². The molecule has 0 radical (unpaired) electrons. The van der Waals surface area contributed by atoms with Gasteiger partial charge in [-0.25, -0.2) is 9.97 Å². The predicted molar refractivity (Wildman–Crippen MR) is 62.2 cm³/mol. The molecule has 0 bridgehead atoms. The fraction of sp³-hybridized carbons (Fsp3) is 0.636. The van der Waals surface area contributed by atoms with Crippen molar-refractivity contribution in [3.63, 3.8) is 0 Å². The number of anilines is 2. The minimum atomic E-state index is 0.606. The quantitative estimate of drug-likeness (QED) is 0.820. The van der Waals surface area contributed by atoms with E-state index in [9.17, 15) is 0 Å². The maximum Gasteiger partial charge on any atom is 0.133 e. The van der Waals surface area contributed by atoms with Gasteiger partial charge >= 0.3 is 0 Å². The minimum Gasteiger partial charge on any atom is -0.367 e. The largest absolute Gasteiger partial charge is 0.367 e. The van der Waals surface area contributed by atoms with Crippen molar-refractivity contribution in [3.05, 3.63) is 12.4 Å². The molecule has 1 aliphatic carbocycles. The van der Waals surface area contributed by atoms with Crippen LogP contribution in [0, 0.1) is 0 Å². The maximum atomic E-state index is 4.24. The highest BCUT2D eigenvalue weighted by atomic mass is 15.2. The third kappa shape index (κ3) is 2.58. The fourth-order valence-corrected chi connectivity index (χ4v) is 1.95. The molecule has 1 aromatic heterocycles. The van der Waals surface area contributed by atoms with Crippen LogP contribution in [0.5, 0.6) is 0 Å². The number of nitrogens with zero attached hydrogens (tertiary/aromatic N) is 3. The lowest BCUT2D eigenvalue weighted by molar-refractivity contribution is 0.749. The summed E-state index contributed by atoms with van der Waals surface area (Å²) in [6.07, 6.45) is 6.82. The average molecular weight is 206 g/mol. The van der Waals surface area contributed by atoms with Crippen molar-refractivity contribution >= 4 is 11.6 Å². The van der Waals surface area contributed by atoms with Crippen molar-refractivity contribution in [2.75, 3.05) is 24.3 Å². The van der Waals surface area contributed by atoms with E-state index in [1.165, 1.54) is 25.7 Å². The number of nitrogens with one attached hydrogen (secondary N) is 1. The van der Waals surface area contributed by atoms with Gasteiger partial charge in [0.05, 0.1) is 0 Å². The summed E-state index contributed by atoms with van der Waals surface area (Å²) in [6.45, 7) is 0. The van der Waals surface area contributed by atoms with Crippen molar-refractivity contribution < 1.29 is 0 Å². The number of hydrogen-bond donors (Lipinski definition) is 1. The molecule has 0 saturated heterocycles. The van der Waals surface area contributed by atoms with E-state index < -0.39 is 0 Å². The van der Waals surface area contributed by atoms with Crippen LogP contribution in [0.4, 0.5) is 11.6 Å². The van der Waals surface area contributed by atoms with Crippen molar-refractivity contribution in [2.24, 2.45) is 0 Å². The molecule has 0 aliphatic heterocycles. The maximum absolute atomic E-state index is 4.24. The van der Waals surface area contributed by atoms with Gasteiger partial charge in [0.15, 0.2) is 0 Å². The van der Waals surface area contributed by atoms with Gasteiger partial charge in [-0.2, -0.15) is 0 Å². The van der Waals surface area contributed by atoms with Gasteiger partial charge in [0.2, 0.25) is 0 Å². The van der Waals surface area contributed by atoms with Gasteiger partial charge in [-0.3, -0.25) is 0 Å². The zero-order valence-electron chi connectivity index (χ0n) is 9.40. The minimum absolute atomic E-state index is 0.606. The standard InChI is InChI=1S/C11H18N4/c1-15(2)11-7-10(12-8-13-11)14-9-5-3-4-6-9/h7-9H,3-6H2,1-2H3,(H,12,13,14). The Labute approximate surface area is 90.7 Å². The second-order valence-corrected chi connectivity index (χ2v) is 4.28. The molecule has 0 unspecified atom stereocenters. The van der Waals surface area contributed by atoms with Crippen LogP contribution in [0.2, 0.25) is 0 Å². The first-order valence-corrected chi connectivity index (χ1v) is 5.51. The Morgan fingerprint density at radius 3 is 2.67 bits per heavy atom. The SMILES string of the molecule is CN(C)c1cc(NC2CCCC2)ncn1. The third-order valence-electron chi connectivity index (χ3n) is 2.82. The Morgan fingerprint density at radius 1 is 1.27 bits per heavy atom. The number of aromatic nitrogens is 2. The Kier molecular flexibility index (Phi) is 3.04. The summed E-state index contributed by atoms with van der Waals surface area (Å²) in [7, 11) is 3.98. The monoisotopic (exact) mass is 206 g/mol. The van der Waals surface area contributed by atoms with Gasteiger partial charge in [-0.15, -0.1) is 0 Å². The summed E-state index contributed by atoms with van der Waals surface area (Å²) in [5, 5.41) is 3.46. The van der Waals surface area contributed by atoms with E-state index in [-0.39, 0.29) is 0 Å². The van der Waals surface area contributed by atoms with E-state index >= 15 is 0 Å². The molecule has 1 N–H and O–H groups in total. The smallest absolute Gasteiger partial charge is 0.133 e. The van der Waals surface area contributed by atoms with E-state index in [0.29, 0.717) is 6.04 Å². The summed E-state index contributed by atoms with van der Waals surface area (Å²) in [5.41, 5.74) is 0. The van der Waals surface area contributed by atoms with Crippen molar-refractivity contribution in [3.8, 4) is 0 Å². The first kappa shape index (κ1) is 10.2. The first-order chi connectivity index (χ1) is 7.25. The average Bonchev–Trinajstić information content (AvgIpc) is 2.71. The molecule has 1 aromatic rings. The third-order valence-corrected chi connectivity index (χ3v) is 2.82. The second kappa shape index (κ2) is 4.47. The fourth-order valence-electron chi connectivity index (χ4n) is 1.95. The van der Waals surface area contributed by atoms with Crippen LogP contribution in [0.25, 0.3) is 0 Å². The molecule has 0 spiro atoms. The van der Waals surface area contributed by atoms with Crippen LogP contribution in [-0.2, 0) is 0 Å². The molecule has 1 fully saturated rings. The van der Waals surface area contributed by atoms with E-state index in [4.69, 9.17) is 0 Å². The highest BCUT2D eigenvalue weighted by Gasteiger charge is 2.15. The Morgan fingerprint density at radius 2 is 2.00 bits per heavy atom. The molecule has 0 amide bonds. The summed E-state index contributed by atoms with van der Waals surface area (Å²) < 4.78 is 0. The summed E-state index contributed by atoms with van der Waals surface area (Å²) >= 11 is 0. The van der Waals surface area contributed by atoms with Gasteiger partial charge in [0.25, 0.3) is 0 Å². The van der Waals surface area contributed by atoms with E-state index in [0.717, 1.165) is 11.6 Å². The van der Waals surface area contributed by atoms with Crippen LogP contribution < -0.4 is 10.2 Å². The molecule has 4 nitrogen and oxygen atoms in total. The zero-order valence-corrected chi connectivity index (χ0v) is 9.40. The highest BCUT2D eigenvalue weighted by Crippen LogP contribution is 2.22. The second-order valence-electron chi connectivity index (χ2n) is 4.28. The van der Waals surface area contributed by atoms with E-state index in [1.54, 1.807) is 6.33 Å². The van der Waals surface area contributed by atoms with Gasteiger partial charge in [0.1, 0.15) is 18.0 Å². The van der Waals surface area contributed by atoms with Crippen molar-refractivity contribution in [1.29, 1.82) is 0 Å². The summed E-state index contributed by atoms with van der Waals surface area (Å²) in [5.74, 6) is 1.89. The lowest BCUT2D eigenvalue weighted by Crippen LogP contribution is -2.17. The van der Waals surface area contributed by atoms with Crippen molar-refractivity contribution in [1.82, 2.24) is 9.97 Å². The van der Waals surface area contributed by atoms with Crippen LogP contribution >= 0.6 is 0 Å². The van der Waals surface area contributed by atoms with Crippen LogP contribution in [-0.4, -0.2) is 30.1 Å². The normalized spacial score (nSPS) is 16.7. The number of hydrogen-bond acceptors (Lipinski definition) is 4. The molecule has 2 rings (SSSR count). The topological polar surface area (TPSA) is 41.0 Å². The molecular weight excluding hydrogens is 188 g/mol. The number of rotatable bonds is 3. The van der Waals surface area contributed by atoms with E-state index in [2.05, 4.69) is 15.3 Å². The lowest BCUT2D eigenvalue weighted by Gasteiger charge is -2.15. The van der Waals surface area contributed by atoms with Crippen LogP contribution in [0.1, 0.15) is 25.7 Å². The molecule has 82 valence electrons. The highest BCUT2D eigenvalue weighted by molar-refractivity contribution is 5.47. The molecule has 4 heteroatoms. The van der Waals surface area contributed by atoms with Gasteiger partial charge in [0, 0.05) is 26.2 Å². The molecule has 1 saturated carbocycles. The summed E-state index contributed by atoms with van der Waals surface area (Å²) in [4.78, 5) is 10.4. The molecule has 0 aromatic carbocycles. The Bertz CT molecular complexity index is 318. The molecular formula is C11H18N4. The van der Waals surface area contributed by atoms with Crippen molar-refractivity contribution in [2.45, 2.75) is 31.7 Å². The first-order valence-electron chi connectivity index (χ1n) is 5.51. The van der Waals surface area contributed by atoms with Gasteiger partial charge in [-0.1, -0.05) is 12.8 Å².